The molecule has 0 atom stereocenters. The van der Waals surface area contributed by atoms with Crippen molar-refractivity contribution in [3.8, 4) is 11.8 Å². The first-order valence-electron chi connectivity index (χ1n) is 7.58. The van der Waals surface area contributed by atoms with Gasteiger partial charge in [0.1, 0.15) is 5.82 Å². The zero-order chi connectivity index (χ0) is 15.2. The van der Waals surface area contributed by atoms with Crippen molar-refractivity contribution in [3.05, 3.63) is 79.3 Å². The third-order valence-electron chi connectivity index (χ3n) is 4.24. The first kappa shape index (κ1) is 12.3. The fourth-order valence-corrected chi connectivity index (χ4v) is 3.11. The van der Waals surface area contributed by atoms with Crippen LogP contribution in [0.1, 0.15) is 0 Å². The van der Waals surface area contributed by atoms with E-state index >= 15 is 0 Å². The number of para-hydroxylation sites is 2. The number of hydrogen-bond donors (Lipinski definition) is 1. The highest BCUT2D eigenvalue weighted by Gasteiger charge is 2.09. The molecule has 5 aromatic rings. The number of rotatable bonds is 2. The standard InChI is InChI=1S/C19H14N4/c1-3-7-16-14(5-1)9-11-22(16)18-13-20-19(21-18)23-12-10-15-6-2-4-8-17(15)23/h1-13H,(H,20,21). The molecule has 0 spiro atoms. The number of benzene rings is 2. The molecule has 4 heteroatoms. The van der Waals surface area contributed by atoms with E-state index < -0.39 is 0 Å². The third-order valence-corrected chi connectivity index (χ3v) is 4.24. The summed E-state index contributed by atoms with van der Waals surface area (Å²) in [5, 5.41) is 2.42. The van der Waals surface area contributed by atoms with Crippen molar-refractivity contribution in [3.63, 3.8) is 0 Å². The quantitative estimate of drug-likeness (QED) is 0.518. The summed E-state index contributed by atoms with van der Waals surface area (Å²) >= 11 is 0. The second-order valence-corrected chi connectivity index (χ2v) is 5.58. The van der Waals surface area contributed by atoms with Gasteiger partial charge in [-0.15, -0.1) is 0 Å². The summed E-state index contributed by atoms with van der Waals surface area (Å²) in [7, 11) is 0. The van der Waals surface area contributed by atoms with Gasteiger partial charge < -0.3 is 9.55 Å². The van der Waals surface area contributed by atoms with Gasteiger partial charge in [0.15, 0.2) is 0 Å². The Hall–Kier alpha value is -3.27. The van der Waals surface area contributed by atoms with E-state index in [1.54, 1.807) is 0 Å². The summed E-state index contributed by atoms with van der Waals surface area (Å²) in [6, 6.07) is 20.8. The number of nitrogens with one attached hydrogen (secondary N) is 1. The monoisotopic (exact) mass is 298 g/mol. The number of hydrogen-bond acceptors (Lipinski definition) is 1. The smallest absolute Gasteiger partial charge is 0.213 e. The minimum Gasteiger partial charge on any atom is -0.310 e. The molecule has 4 nitrogen and oxygen atoms in total. The van der Waals surface area contributed by atoms with E-state index in [4.69, 9.17) is 0 Å². The number of aromatic nitrogens is 4. The van der Waals surface area contributed by atoms with E-state index in [0.717, 1.165) is 17.3 Å². The Balaban J connectivity index is 1.66. The molecule has 5 rings (SSSR count). The van der Waals surface area contributed by atoms with Crippen LogP contribution in [0.2, 0.25) is 0 Å². The first-order chi connectivity index (χ1) is 11.4. The van der Waals surface area contributed by atoms with Crippen LogP contribution in [0.4, 0.5) is 0 Å². The highest BCUT2D eigenvalue weighted by Crippen LogP contribution is 2.22. The predicted octanol–water partition coefficient (Wildman–Crippen LogP) is 4.30. The van der Waals surface area contributed by atoms with E-state index in [1.807, 2.05) is 24.5 Å². The van der Waals surface area contributed by atoms with Crippen LogP contribution >= 0.6 is 0 Å². The fourth-order valence-electron chi connectivity index (χ4n) is 3.11. The Kier molecular flexibility index (Phi) is 2.46. The van der Waals surface area contributed by atoms with Gasteiger partial charge >= 0.3 is 0 Å². The Morgan fingerprint density at radius 2 is 1.30 bits per heavy atom. The van der Waals surface area contributed by atoms with Crippen molar-refractivity contribution in [2.45, 2.75) is 0 Å². The minimum atomic E-state index is 0.819. The van der Waals surface area contributed by atoms with Gasteiger partial charge in [-0.25, -0.2) is 4.98 Å². The molecule has 0 saturated heterocycles. The molecular weight excluding hydrogens is 284 g/mol. The van der Waals surface area contributed by atoms with Crippen LogP contribution < -0.4 is 0 Å². The van der Waals surface area contributed by atoms with E-state index in [2.05, 4.69) is 73.8 Å². The van der Waals surface area contributed by atoms with Crippen molar-refractivity contribution < 1.29 is 0 Å². The van der Waals surface area contributed by atoms with Crippen LogP contribution in [-0.4, -0.2) is 19.1 Å². The summed E-state index contributed by atoms with van der Waals surface area (Å²) in [6.07, 6.45) is 5.98. The van der Waals surface area contributed by atoms with Gasteiger partial charge in [0, 0.05) is 17.8 Å². The van der Waals surface area contributed by atoms with Gasteiger partial charge in [0.05, 0.1) is 17.2 Å². The summed E-state index contributed by atoms with van der Waals surface area (Å²) in [5.74, 6) is 1.78. The predicted molar refractivity (Wildman–Crippen MR) is 92.3 cm³/mol. The van der Waals surface area contributed by atoms with Gasteiger partial charge in [0.25, 0.3) is 0 Å². The normalized spacial score (nSPS) is 11.5. The number of aromatic amines is 1. The molecule has 110 valence electrons. The lowest BCUT2D eigenvalue weighted by Crippen LogP contribution is -1.96. The SMILES string of the molecule is c1ccc2c(c1)ccn2-c1cnc(-n2ccc3ccccc32)[nH]1. The molecule has 0 aliphatic heterocycles. The van der Waals surface area contributed by atoms with Crippen LogP contribution in [0.25, 0.3) is 33.6 Å². The number of nitrogens with zero attached hydrogens (tertiary/aromatic N) is 3. The van der Waals surface area contributed by atoms with Crippen molar-refractivity contribution in [2.24, 2.45) is 0 Å². The van der Waals surface area contributed by atoms with Crippen LogP contribution in [-0.2, 0) is 0 Å². The molecule has 0 aliphatic rings. The maximum Gasteiger partial charge on any atom is 0.213 e. The topological polar surface area (TPSA) is 38.5 Å². The van der Waals surface area contributed by atoms with Gasteiger partial charge in [0.2, 0.25) is 5.95 Å². The minimum absolute atomic E-state index is 0.819. The molecule has 1 N–H and O–H groups in total. The highest BCUT2D eigenvalue weighted by atomic mass is 15.2. The van der Waals surface area contributed by atoms with E-state index in [0.29, 0.717) is 0 Å². The zero-order valence-corrected chi connectivity index (χ0v) is 12.3. The van der Waals surface area contributed by atoms with Crippen LogP contribution in [0.5, 0.6) is 0 Å². The maximum absolute atomic E-state index is 4.56. The average molecular weight is 298 g/mol. The summed E-state index contributed by atoms with van der Waals surface area (Å²) in [5.41, 5.74) is 2.31. The second kappa shape index (κ2) is 4.61. The number of fused-ring (bicyclic) bond motifs is 2. The molecule has 0 unspecified atom stereocenters. The Morgan fingerprint density at radius 1 is 0.696 bits per heavy atom. The van der Waals surface area contributed by atoms with Crippen molar-refractivity contribution in [1.29, 1.82) is 0 Å². The zero-order valence-electron chi connectivity index (χ0n) is 12.3. The van der Waals surface area contributed by atoms with Crippen LogP contribution in [0.3, 0.4) is 0 Å². The summed E-state index contributed by atoms with van der Waals surface area (Å²) in [6.45, 7) is 0. The van der Waals surface area contributed by atoms with Crippen molar-refractivity contribution in [1.82, 2.24) is 19.1 Å². The largest absolute Gasteiger partial charge is 0.310 e. The highest BCUT2D eigenvalue weighted by molar-refractivity contribution is 5.82. The molecule has 0 fully saturated rings. The Labute approximate surface area is 132 Å². The van der Waals surface area contributed by atoms with Gasteiger partial charge in [-0.2, -0.15) is 0 Å². The van der Waals surface area contributed by atoms with E-state index in [-0.39, 0.29) is 0 Å². The van der Waals surface area contributed by atoms with Gasteiger partial charge in [-0.3, -0.25) is 4.57 Å². The lowest BCUT2D eigenvalue weighted by atomic mass is 10.2. The molecule has 0 amide bonds. The Bertz CT molecular complexity index is 1040. The molecule has 0 saturated carbocycles. The summed E-state index contributed by atoms with van der Waals surface area (Å²) in [4.78, 5) is 7.98. The number of H-pyrrole nitrogens is 1. The second-order valence-electron chi connectivity index (χ2n) is 5.58. The molecule has 0 aliphatic carbocycles. The molecule has 3 aromatic heterocycles. The molecule has 0 bridgehead atoms. The first-order valence-corrected chi connectivity index (χ1v) is 7.58. The lowest BCUT2D eigenvalue weighted by molar-refractivity contribution is 0.985. The average Bonchev–Trinajstić information content (AvgIpc) is 3.31. The van der Waals surface area contributed by atoms with Gasteiger partial charge in [-0.1, -0.05) is 36.4 Å². The van der Waals surface area contributed by atoms with Crippen molar-refractivity contribution in [2.75, 3.05) is 0 Å². The van der Waals surface area contributed by atoms with E-state index in [1.165, 1.54) is 16.3 Å². The maximum atomic E-state index is 4.56. The number of imidazole rings is 1. The van der Waals surface area contributed by atoms with Gasteiger partial charge in [-0.05, 0) is 29.7 Å². The van der Waals surface area contributed by atoms with Crippen molar-refractivity contribution >= 4 is 21.8 Å². The fraction of sp³-hybridized carbons (Fsp3) is 0. The third kappa shape index (κ3) is 1.82. The van der Waals surface area contributed by atoms with Crippen LogP contribution in [0, 0.1) is 0 Å². The Morgan fingerprint density at radius 3 is 2.04 bits per heavy atom. The molecule has 23 heavy (non-hydrogen) atoms. The van der Waals surface area contributed by atoms with E-state index in [9.17, 15) is 0 Å². The summed E-state index contributed by atoms with van der Waals surface area (Å²) < 4.78 is 4.20. The molecular formula is C19H14N4. The molecule has 0 radical (unpaired) electrons. The van der Waals surface area contributed by atoms with Crippen LogP contribution in [0.15, 0.2) is 79.3 Å². The molecule has 2 aromatic carbocycles. The lowest BCUT2D eigenvalue weighted by Gasteiger charge is -2.03. The molecule has 3 heterocycles.